The first-order valence-corrected chi connectivity index (χ1v) is 7.30. The van der Waals surface area contributed by atoms with Gasteiger partial charge in [0.05, 0.1) is 13.2 Å². The zero-order valence-electron chi connectivity index (χ0n) is 13.2. The molecule has 2 N–H and O–H groups in total. The van der Waals surface area contributed by atoms with Gasteiger partial charge in [0.15, 0.2) is 12.1 Å². The Kier molecular flexibility index (Phi) is 5.55. The molecule has 0 radical (unpaired) electrons. The molecule has 2 heterocycles. The highest BCUT2D eigenvalue weighted by Gasteiger charge is 2.53. The van der Waals surface area contributed by atoms with Crippen LogP contribution in [0, 0.1) is 0 Å². The molecule has 0 aliphatic carbocycles. The van der Waals surface area contributed by atoms with E-state index < -0.39 is 48.5 Å². The fraction of sp³-hybridized carbons (Fsp3) is 0.786. The van der Waals surface area contributed by atoms with E-state index in [2.05, 4.69) is 6.58 Å². The van der Waals surface area contributed by atoms with Gasteiger partial charge in [-0.25, -0.2) is 0 Å². The van der Waals surface area contributed by atoms with E-state index in [4.69, 9.17) is 18.9 Å². The minimum atomic E-state index is -5.10. The van der Waals surface area contributed by atoms with Crippen LogP contribution in [-0.2, 0) is 23.7 Å². The lowest BCUT2D eigenvalue weighted by molar-refractivity contribution is -0.368. The maximum atomic E-state index is 12.5. The number of halogens is 3. The number of carbonyl (C=O) groups is 1. The summed E-state index contributed by atoms with van der Waals surface area (Å²) in [6, 6.07) is -1.46. The molecule has 7 nitrogen and oxygen atoms in total. The lowest BCUT2D eigenvalue weighted by atomic mass is 9.95. The van der Waals surface area contributed by atoms with Crippen LogP contribution in [0.15, 0.2) is 12.7 Å². The van der Waals surface area contributed by atoms with E-state index in [1.807, 2.05) is 0 Å². The van der Waals surface area contributed by atoms with Crippen molar-refractivity contribution in [3.05, 3.63) is 12.7 Å². The molecule has 24 heavy (non-hydrogen) atoms. The van der Waals surface area contributed by atoms with Crippen molar-refractivity contribution in [1.82, 2.24) is 5.32 Å². The molecule has 0 aromatic heterocycles. The van der Waals surface area contributed by atoms with E-state index in [-0.39, 0.29) is 13.2 Å². The van der Waals surface area contributed by atoms with Gasteiger partial charge >= 0.3 is 12.1 Å². The Hall–Kier alpha value is -1.20. The van der Waals surface area contributed by atoms with Crippen LogP contribution in [0.1, 0.15) is 13.8 Å². The molecule has 5 unspecified atom stereocenters. The number of alkyl halides is 3. The SMILES string of the molecule is C=CCOC1OC2COC(C)(C)OC2C(O)C1NC(=O)C(F)(F)F. The van der Waals surface area contributed by atoms with Gasteiger partial charge in [-0.3, -0.25) is 4.79 Å². The normalized spacial score (nSPS) is 35.8. The molecular weight excluding hydrogens is 335 g/mol. The van der Waals surface area contributed by atoms with E-state index >= 15 is 0 Å². The summed E-state index contributed by atoms with van der Waals surface area (Å²) in [7, 11) is 0. The summed E-state index contributed by atoms with van der Waals surface area (Å²) >= 11 is 0. The second-order valence-corrected chi connectivity index (χ2v) is 5.95. The van der Waals surface area contributed by atoms with Crippen LogP contribution in [0.5, 0.6) is 0 Å². The molecule has 0 aromatic rings. The van der Waals surface area contributed by atoms with Crippen molar-refractivity contribution in [1.29, 1.82) is 0 Å². The topological polar surface area (TPSA) is 86.2 Å². The summed E-state index contributed by atoms with van der Waals surface area (Å²) in [6.45, 7) is 6.64. The minimum absolute atomic E-state index is 0.0413. The summed E-state index contributed by atoms with van der Waals surface area (Å²) in [4.78, 5) is 11.2. The second-order valence-electron chi connectivity index (χ2n) is 5.95. The Morgan fingerprint density at radius 2 is 2.17 bits per heavy atom. The van der Waals surface area contributed by atoms with Crippen molar-refractivity contribution in [2.75, 3.05) is 13.2 Å². The molecular formula is C14H20F3NO6. The Labute approximate surface area is 136 Å². The third kappa shape index (κ3) is 4.25. The molecule has 0 spiro atoms. The van der Waals surface area contributed by atoms with E-state index in [1.54, 1.807) is 19.2 Å². The van der Waals surface area contributed by atoms with Gasteiger partial charge in [0.1, 0.15) is 24.4 Å². The number of aliphatic hydroxyl groups excluding tert-OH is 1. The van der Waals surface area contributed by atoms with Gasteiger partial charge in [0, 0.05) is 0 Å². The minimum Gasteiger partial charge on any atom is -0.388 e. The molecule has 2 aliphatic heterocycles. The first-order chi connectivity index (χ1) is 11.0. The first-order valence-electron chi connectivity index (χ1n) is 7.30. The van der Waals surface area contributed by atoms with Gasteiger partial charge in [-0.15, -0.1) is 6.58 Å². The molecule has 138 valence electrons. The fourth-order valence-corrected chi connectivity index (χ4v) is 2.54. The molecule has 10 heteroatoms. The number of amides is 1. The first kappa shape index (κ1) is 19.1. The maximum Gasteiger partial charge on any atom is 0.471 e. The van der Waals surface area contributed by atoms with Crippen LogP contribution in [0.4, 0.5) is 13.2 Å². The van der Waals surface area contributed by atoms with Gasteiger partial charge in [0.2, 0.25) is 0 Å². The zero-order valence-corrected chi connectivity index (χ0v) is 13.2. The maximum absolute atomic E-state index is 12.5. The van der Waals surface area contributed by atoms with E-state index in [0.29, 0.717) is 0 Å². The number of fused-ring (bicyclic) bond motifs is 1. The van der Waals surface area contributed by atoms with Gasteiger partial charge in [-0.1, -0.05) is 6.08 Å². The quantitative estimate of drug-likeness (QED) is 0.713. The Morgan fingerprint density at radius 3 is 2.75 bits per heavy atom. The zero-order chi connectivity index (χ0) is 18.1. The summed E-state index contributed by atoms with van der Waals surface area (Å²) in [5.74, 6) is -3.24. The molecule has 2 fully saturated rings. The van der Waals surface area contributed by atoms with Gasteiger partial charge in [0.25, 0.3) is 0 Å². The van der Waals surface area contributed by atoms with E-state index in [0.717, 1.165) is 0 Å². The van der Waals surface area contributed by atoms with E-state index in [9.17, 15) is 23.1 Å². The van der Waals surface area contributed by atoms with Crippen LogP contribution in [0.3, 0.4) is 0 Å². The van der Waals surface area contributed by atoms with E-state index in [1.165, 1.54) is 6.08 Å². The second kappa shape index (κ2) is 6.96. The van der Waals surface area contributed by atoms with Crippen molar-refractivity contribution in [2.45, 2.75) is 56.5 Å². The highest BCUT2D eigenvalue weighted by Crippen LogP contribution is 2.33. The van der Waals surface area contributed by atoms with Crippen molar-refractivity contribution in [3.8, 4) is 0 Å². The number of hydrogen-bond donors (Lipinski definition) is 2. The average Bonchev–Trinajstić information content (AvgIpc) is 2.47. The van der Waals surface area contributed by atoms with Crippen LogP contribution in [0.25, 0.3) is 0 Å². The molecule has 0 bridgehead atoms. The van der Waals surface area contributed by atoms with Crippen molar-refractivity contribution in [3.63, 3.8) is 0 Å². The predicted octanol–water partition coefficient (Wildman–Crippen LogP) is 0.473. The molecule has 2 saturated heterocycles. The van der Waals surface area contributed by atoms with Gasteiger partial charge < -0.3 is 29.4 Å². The molecule has 0 saturated carbocycles. The summed E-state index contributed by atoms with van der Waals surface area (Å²) in [5, 5.41) is 12.1. The Balaban J connectivity index is 2.18. The third-order valence-corrected chi connectivity index (χ3v) is 3.62. The summed E-state index contributed by atoms with van der Waals surface area (Å²) < 4.78 is 59.3. The molecule has 5 atom stereocenters. The van der Waals surface area contributed by atoms with Gasteiger partial charge in [-0.2, -0.15) is 13.2 Å². The monoisotopic (exact) mass is 355 g/mol. The predicted molar refractivity (Wildman–Crippen MR) is 73.7 cm³/mol. The van der Waals surface area contributed by atoms with Crippen LogP contribution < -0.4 is 5.32 Å². The largest absolute Gasteiger partial charge is 0.471 e. The molecule has 0 aromatic carbocycles. The van der Waals surface area contributed by atoms with Crippen LogP contribution in [-0.4, -0.2) is 66.8 Å². The van der Waals surface area contributed by atoms with Crippen molar-refractivity contribution >= 4 is 5.91 Å². The number of ether oxygens (including phenoxy) is 4. The number of rotatable bonds is 4. The highest BCUT2D eigenvalue weighted by atomic mass is 19.4. The van der Waals surface area contributed by atoms with Crippen LogP contribution >= 0.6 is 0 Å². The Morgan fingerprint density at radius 1 is 1.50 bits per heavy atom. The lowest BCUT2D eigenvalue weighted by Gasteiger charge is -2.49. The lowest BCUT2D eigenvalue weighted by Crippen LogP contribution is -2.69. The Bertz CT molecular complexity index is 484. The summed E-state index contributed by atoms with van der Waals surface area (Å²) in [5.41, 5.74) is 0. The smallest absolute Gasteiger partial charge is 0.388 e. The third-order valence-electron chi connectivity index (χ3n) is 3.62. The van der Waals surface area contributed by atoms with Gasteiger partial charge in [-0.05, 0) is 13.8 Å². The molecule has 1 amide bonds. The number of aliphatic hydroxyl groups is 1. The fourth-order valence-electron chi connectivity index (χ4n) is 2.54. The number of nitrogens with one attached hydrogen (secondary N) is 1. The number of carbonyl (C=O) groups excluding carboxylic acids is 1. The molecule has 2 aliphatic rings. The standard InChI is InChI=1S/C14H20F3NO6/c1-4-5-21-11-8(18-12(20)14(15,16)17)9(19)10-7(23-11)6-22-13(2,3)24-10/h4,7-11,19H,1,5-6H2,2-3H3,(H,18,20). The average molecular weight is 355 g/mol. The number of hydrogen-bond acceptors (Lipinski definition) is 6. The van der Waals surface area contributed by atoms with Crippen LogP contribution in [0.2, 0.25) is 0 Å². The highest BCUT2D eigenvalue weighted by molar-refractivity contribution is 5.82. The van der Waals surface area contributed by atoms with Crippen molar-refractivity contribution < 1.29 is 42.0 Å². The molecule has 2 rings (SSSR count). The van der Waals surface area contributed by atoms with Crippen molar-refractivity contribution in [2.24, 2.45) is 0 Å². The summed E-state index contributed by atoms with van der Waals surface area (Å²) in [6.07, 6.45) is -8.25.